The summed E-state index contributed by atoms with van der Waals surface area (Å²) < 4.78 is 0. The van der Waals surface area contributed by atoms with Crippen LogP contribution in [-0.4, -0.2) is 10.3 Å². The van der Waals surface area contributed by atoms with Crippen molar-refractivity contribution in [2.24, 2.45) is 0 Å². The lowest BCUT2D eigenvalue weighted by Gasteiger charge is -2.02. The molecule has 0 aromatic carbocycles. The van der Waals surface area contributed by atoms with Crippen LogP contribution in [0.4, 0.5) is 0 Å². The van der Waals surface area contributed by atoms with Crippen LogP contribution in [0.1, 0.15) is 11.1 Å². The van der Waals surface area contributed by atoms with Gasteiger partial charge in [0.15, 0.2) is 0 Å². The molecule has 1 rings (SSSR count). The molecule has 0 spiro atoms. The first-order valence-corrected chi connectivity index (χ1v) is 5.66. The highest BCUT2D eigenvalue weighted by Crippen LogP contribution is 2.12. The van der Waals surface area contributed by atoms with Crippen molar-refractivity contribution in [2.45, 2.75) is 11.8 Å². The first kappa shape index (κ1) is 9.20. The molecule has 1 aromatic rings. The van der Waals surface area contributed by atoms with Crippen molar-refractivity contribution in [1.82, 2.24) is 4.98 Å². The zero-order valence-electron chi connectivity index (χ0n) is 6.06. The maximum absolute atomic E-state index is 4.07. The molecule has 60 valence electrons. The van der Waals surface area contributed by atoms with Crippen LogP contribution >= 0.6 is 31.9 Å². The fourth-order valence-electron chi connectivity index (χ4n) is 0.913. The number of hydrogen-bond donors (Lipinski definition) is 0. The molecule has 0 saturated heterocycles. The molecule has 0 N–H and O–H groups in total. The van der Waals surface area contributed by atoms with Crippen LogP contribution in [0.25, 0.3) is 0 Å². The zero-order chi connectivity index (χ0) is 8.10. The maximum atomic E-state index is 4.07. The predicted molar refractivity (Wildman–Crippen MR) is 54.4 cm³/mol. The molecule has 0 atom stereocenters. The molecule has 0 aliphatic rings. The Morgan fingerprint density at radius 2 is 2.09 bits per heavy atom. The fourth-order valence-corrected chi connectivity index (χ4v) is 1.89. The first-order chi connectivity index (χ1) is 5.38. The second kappa shape index (κ2) is 4.88. The van der Waals surface area contributed by atoms with E-state index in [1.165, 1.54) is 11.1 Å². The molecule has 0 aliphatic carbocycles. The number of hydrogen-bond acceptors (Lipinski definition) is 1. The molecule has 0 amide bonds. The van der Waals surface area contributed by atoms with Gasteiger partial charge in [-0.1, -0.05) is 31.9 Å². The van der Waals surface area contributed by atoms with Gasteiger partial charge in [-0.2, -0.15) is 0 Å². The Hall–Kier alpha value is 0.110. The van der Waals surface area contributed by atoms with Crippen molar-refractivity contribution in [3.63, 3.8) is 0 Å². The van der Waals surface area contributed by atoms with Crippen LogP contribution < -0.4 is 0 Å². The molecular formula is C8H9Br2N. The SMILES string of the molecule is BrCCc1cnccc1CBr. The van der Waals surface area contributed by atoms with Gasteiger partial charge in [-0.05, 0) is 23.6 Å². The van der Waals surface area contributed by atoms with Crippen molar-refractivity contribution in [3.05, 3.63) is 29.6 Å². The first-order valence-electron chi connectivity index (χ1n) is 3.42. The third kappa shape index (κ3) is 2.56. The Balaban J connectivity index is 2.83. The van der Waals surface area contributed by atoms with E-state index in [2.05, 4.69) is 36.8 Å². The van der Waals surface area contributed by atoms with Gasteiger partial charge in [0.25, 0.3) is 0 Å². The topological polar surface area (TPSA) is 12.9 Å². The van der Waals surface area contributed by atoms with Gasteiger partial charge in [-0.25, -0.2) is 0 Å². The normalized spacial score (nSPS) is 10.0. The molecular weight excluding hydrogens is 270 g/mol. The van der Waals surface area contributed by atoms with Crippen LogP contribution in [-0.2, 0) is 11.8 Å². The van der Waals surface area contributed by atoms with Crippen LogP contribution in [0, 0.1) is 0 Å². The van der Waals surface area contributed by atoms with Crippen LogP contribution in [0.5, 0.6) is 0 Å². The van der Waals surface area contributed by atoms with Gasteiger partial charge >= 0.3 is 0 Å². The summed E-state index contributed by atoms with van der Waals surface area (Å²) >= 11 is 6.84. The molecule has 0 fully saturated rings. The second-order valence-corrected chi connectivity index (χ2v) is 3.57. The van der Waals surface area contributed by atoms with Crippen molar-refractivity contribution < 1.29 is 0 Å². The Morgan fingerprint density at radius 1 is 1.27 bits per heavy atom. The smallest absolute Gasteiger partial charge is 0.0303 e. The van der Waals surface area contributed by atoms with Crippen molar-refractivity contribution >= 4 is 31.9 Å². The van der Waals surface area contributed by atoms with E-state index in [1.54, 1.807) is 0 Å². The molecule has 0 aliphatic heterocycles. The van der Waals surface area contributed by atoms with Crippen molar-refractivity contribution in [2.75, 3.05) is 5.33 Å². The van der Waals surface area contributed by atoms with Gasteiger partial charge in [-0.15, -0.1) is 0 Å². The summed E-state index contributed by atoms with van der Waals surface area (Å²) in [5, 5.41) is 1.91. The highest BCUT2D eigenvalue weighted by Gasteiger charge is 1.98. The average molecular weight is 279 g/mol. The van der Waals surface area contributed by atoms with Gasteiger partial charge in [0.05, 0.1) is 0 Å². The zero-order valence-corrected chi connectivity index (χ0v) is 9.23. The quantitative estimate of drug-likeness (QED) is 0.775. The van der Waals surface area contributed by atoms with E-state index >= 15 is 0 Å². The highest BCUT2D eigenvalue weighted by molar-refractivity contribution is 9.09. The lowest BCUT2D eigenvalue weighted by atomic mass is 10.1. The lowest BCUT2D eigenvalue weighted by molar-refractivity contribution is 1.09. The van der Waals surface area contributed by atoms with Gasteiger partial charge in [0.1, 0.15) is 0 Å². The Kier molecular flexibility index (Phi) is 4.08. The summed E-state index contributed by atoms with van der Waals surface area (Å²) in [6.45, 7) is 0. The number of alkyl halides is 2. The fraction of sp³-hybridized carbons (Fsp3) is 0.375. The lowest BCUT2D eigenvalue weighted by Crippen LogP contribution is -1.93. The molecule has 1 heterocycles. The van der Waals surface area contributed by atoms with Crippen LogP contribution in [0.3, 0.4) is 0 Å². The third-order valence-electron chi connectivity index (χ3n) is 1.51. The van der Waals surface area contributed by atoms with Gasteiger partial charge < -0.3 is 0 Å². The molecule has 1 aromatic heterocycles. The highest BCUT2D eigenvalue weighted by atomic mass is 79.9. The van der Waals surface area contributed by atoms with E-state index in [0.717, 1.165) is 17.1 Å². The summed E-state index contributed by atoms with van der Waals surface area (Å²) in [6.07, 6.45) is 4.81. The summed E-state index contributed by atoms with van der Waals surface area (Å²) in [4.78, 5) is 4.07. The van der Waals surface area contributed by atoms with Gasteiger partial charge in [-0.3, -0.25) is 4.98 Å². The predicted octanol–water partition coefficient (Wildman–Crippen LogP) is 2.91. The molecule has 11 heavy (non-hydrogen) atoms. The average Bonchev–Trinajstić information content (AvgIpc) is 2.06. The minimum absolute atomic E-state index is 0.915. The van der Waals surface area contributed by atoms with Gasteiger partial charge in [0, 0.05) is 23.1 Å². The van der Waals surface area contributed by atoms with Gasteiger partial charge in [0.2, 0.25) is 0 Å². The number of halogens is 2. The molecule has 3 heteroatoms. The van der Waals surface area contributed by atoms with E-state index < -0.39 is 0 Å². The Labute approximate surface area is 83.5 Å². The molecule has 0 saturated carbocycles. The standard InChI is InChI=1S/C8H9Br2N/c9-3-1-8-6-11-4-2-7(8)5-10/h2,4,6H,1,3,5H2. The number of pyridine rings is 1. The second-order valence-electron chi connectivity index (χ2n) is 2.22. The minimum atomic E-state index is 0.915. The van der Waals surface area contributed by atoms with E-state index in [9.17, 15) is 0 Å². The van der Waals surface area contributed by atoms with E-state index in [0.29, 0.717) is 0 Å². The monoisotopic (exact) mass is 277 g/mol. The summed E-state index contributed by atoms with van der Waals surface area (Å²) in [5.41, 5.74) is 2.65. The van der Waals surface area contributed by atoms with Crippen molar-refractivity contribution in [3.8, 4) is 0 Å². The Bertz CT molecular complexity index is 225. The Morgan fingerprint density at radius 3 is 2.73 bits per heavy atom. The minimum Gasteiger partial charge on any atom is -0.264 e. The summed E-state index contributed by atoms with van der Waals surface area (Å²) in [5.74, 6) is 0. The number of aromatic nitrogens is 1. The number of aryl methyl sites for hydroxylation is 1. The van der Waals surface area contributed by atoms with Crippen LogP contribution in [0.2, 0.25) is 0 Å². The molecule has 1 nitrogen and oxygen atoms in total. The molecule has 0 bridgehead atoms. The van der Waals surface area contributed by atoms with E-state index in [-0.39, 0.29) is 0 Å². The third-order valence-corrected chi connectivity index (χ3v) is 2.51. The van der Waals surface area contributed by atoms with Crippen molar-refractivity contribution in [1.29, 1.82) is 0 Å². The van der Waals surface area contributed by atoms with E-state index in [4.69, 9.17) is 0 Å². The number of nitrogens with zero attached hydrogens (tertiary/aromatic N) is 1. The summed E-state index contributed by atoms with van der Waals surface area (Å²) in [7, 11) is 0. The molecule has 0 unspecified atom stereocenters. The maximum Gasteiger partial charge on any atom is 0.0303 e. The van der Waals surface area contributed by atoms with Crippen LogP contribution in [0.15, 0.2) is 18.5 Å². The largest absolute Gasteiger partial charge is 0.264 e. The summed E-state index contributed by atoms with van der Waals surface area (Å²) in [6, 6.07) is 2.05. The molecule has 0 radical (unpaired) electrons. The van der Waals surface area contributed by atoms with E-state index in [1.807, 2.05) is 18.5 Å². The number of rotatable bonds is 3.